The minimum absolute atomic E-state index is 0.0249. The van der Waals surface area contributed by atoms with Gasteiger partial charge >= 0.3 is 5.97 Å². The molecule has 0 aliphatic carbocycles. The van der Waals surface area contributed by atoms with Gasteiger partial charge in [-0.15, -0.1) is 0 Å². The zero-order valence-corrected chi connectivity index (χ0v) is 13.6. The normalized spacial score (nSPS) is 13.6. The largest absolute Gasteiger partial charge is 0.461 e. The number of pyridine rings is 1. The fourth-order valence-corrected chi connectivity index (χ4v) is 2.79. The molecular weight excluding hydrogens is 314 g/mol. The maximum Gasteiger partial charge on any atom is 0.356 e. The molecule has 2 aromatic rings. The Morgan fingerprint density at radius 2 is 1.96 bits per heavy atom. The number of hydrogen-bond acceptors (Lipinski definition) is 4. The maximum absolute atomic E-state index is 13.8. The Kier molecular flexibility index (Phi) is 4.46. The van der Waals surface area contributed by atoms with Crippen LogP contribution in [0.1, 0.15) is 34.1 Å². The van der Waals surface area contributed by atoms with Crippen molar-refractivity contribution in [2.24, 2.45) is 0 Å². The summed E-state index contributed by atoms with van der Waals surface area (Å²) < 4.78 is 32.5. The Morgan fingerprint density at radius 3 is 2.62 bits per heavy atom. The second-order valence-corrected chi connectivity index (χ2v) is 5.76. The lowest BCUT2D eigenvalue weighted by molar-refractivity contribution is 0.0519. The van der Waals surface area contributed by atoms with Gasteiger partial charge in [0.25, 0.3) is 0 Å². The Bertz CT molecular complexity index is 770. The van der Waals surface area contributed by atoms with Crippen LogP contribution in [0, 0.1) is 18.6 Å². The van der Waals surface area contributed by atoms with Crippen molar-refractivity contribution in [3.8, 4) is 0 Å². The first-order valence-corrected chi connectivity index (χ1v) is 7.85. The van der Waals surface area contributed by atoms with Crippen molar-refractivity contribution >= 4 is 11.7 Å². The van der Waals surface area contributed by atoms with Gasteiger partial charge in [-0.05, 0) is 49.6 Å². The summed E-state index contributed by atoms with van der Waals surface area (Å²) in [7, 11) is 0. The summed E-state index contributed by atoms with van der Waals surface area (Å²) in [5.41, 5.74) is 2.78. The van der Waals surface area contributed by atoms with Crippen LogP contribution in [0.5, 0.6) is 0 Å². The number of halogens is 2. The number of carbonyl (C=O) groups excluding carboxylic acids is 1. The molecule has 1 aromatic carbocycles. The van der Waals surface area contributed by atoms with E-state index in [9.17, 15) is 13.6 Å². The molecule has 1 aliphatic rings. The molecule has 0 unspecified atom stereocenters. The number of rotatable bonds is 3. The van der Waals surface area contributed by atoms with E-state index in [0.717, 1.165) is 11.1 Å². The number of anilines is 1. The number of benzene rings is 1. The molecule has 0 N–H and O–H groups in total. The van der Waals surface area contributed by atoms with Gasteiger partial charge in [0.1, 0.15) is 17.3 Å². The number of aromatic nitrogens is 1. The summed E-state index contributed by atoms with van der Waals surface area (Å²) in [4.78, 5) is 17.8. The maximum atomic E-state index is 13.8. The molecule has 4 nitrogen and oxygen atoms in total. The zero-order valence-electron chi connectivity index (χ0n) is 13.6. The van der Waals surface area contributed by atoms with Crippen LogP contribution in [0.3, 0.4) is 0 Å². The number of carbonyl (C=O) groups is 1. The molecule has 3 rings (SSSR count). The Balaban J connectivity index is 1.84. The molecule has 0 bridgehead atoms. The summed E-state index contributed by atoms with van der Waals surface area (Å²) in [6.07, 6.45) is 2.30. The lowest BCUT2D eigenvalue weighted by Crippen LogP contribution is -2.31. The highest BCUT2D eigenvalue weighted by Crippen LogP contribution is 2.27. The van der Waals surface area contributed by atoms with Crippen molar-refractivity contribution in [3.05, 3.63) is 58.4 Å². The average Bonchev–Trinajstić information content (AvgIpc) is 2.58. The fourth-order valence-electron chi connectivity index (χ4n) is 2.79. The molecule has 24 heavy (non-hydrogen) atoms. The SMILES string of the molecule is CCOC(=O)c1cc2c(cn1)CN(c1cc(F)c(C)c(F)c1)CC2. The standard InChI is InChI=1S/C18H18F2N2O2/c1-3-24-18(23)17-6-12-4-5-22(10-13(12)9-21-17)14-7-15(19)11(2)16(20)8-14/h6-9H,3-5,10H2,1-2H3. The Hall–Kier alpha value is -2.50. The molecular formula is C18H18F2N2O2. The lowest BCUT2D eigenvalue weighted by atomic mass is 10.00. The van der Waals surface area contributed by atoms with Crippen LogP contribution in [-0.2, 0) is 17.7 Å². The van der Waals surface area contributed by atoms with Crippen molar-refractivity contribution < 1.29 is 18.3 Å². The van der Waals surface area contributed by atoms with Gasteiger partial charge in [0.2, 0.25) is 0 Å². The topological polar surface area (TPSA) is 42.4 Å². The lowest BCUT2D eigenvalue weighted by Gasteiger charge is -2.31. The molecule has 0 fully saturated rings. The highest BCUT2D eigenvalue weighted by molar-refractivity contribution is 5.87. The monoisotopic (exact) mass is 332 g/mol. The molecule has 1 aromatic heterocycles. The first-order chi connectivity index (χ1) is 11.5. The van der Waals surface area contributed by atoms with E-state index >= 15 is 0 Å². The smallest absolute Gasteiger partial charge is 0.356 e. The second kappa shape index (κ2) is 6.55. The van der Waals surface area contributed by atoms with E-state index in [4.69, 9.17) is 4.74 Å². The van der Waals surface area contributed by atoms with Gasteiger partial charge in [0, 0.05) is 30.5 Å². The van der Waals surface area contributed by atoms with Crippen molar-refractivity contribution in [2.75, 3.05) is 18.1 Å². The molecule has 0 amide bonds. The molecule has 0 spiro atoms. The molecule has 0 saturated heterocycles. The van der Waals surface area contributed by atoms with Crippen LogP contribution in [0.2, 0.25) is 0 Å². The van der Waals surface area contributed by atoms with Crippen LogP contribution in [0.4, 0.5) is 14.5 Å². The summed E-state index contributed by atoms with van der Waals surface area (Å²) >= 11 is 0. The van der Waals surface area contributed by atoms with Crippen molar-refractivity contribution in [1.82, 2.24) is 4.98 Å². The van der Waals surface area contributed by atoms with Crippen molar-refractivity contribution in [1.29, 1.82) is 0 Å². The van der Waals surface area contributed by atoms with Gasteiger partial charge in [-0.25, -0.2) is 18.6 Å². The second-order valence-electron chi connectivity index (χ2n) is 5.76. The van der Waals surface area contributed by atoms with Gasteiger partial charge < -0.3 is 9.64 Å². The third kappa shape index (κ3) is 3.09. The molecule has 1 aliphatic heterocycles. The average molecular weight is 332 g/mol. The predicted octanol–water partition coefficient (Wildman–Crippen LogP) is 3.41. The third-order valence-electron chi connectivity index (χ3n) is 4.21. The molecule has 0 atom stereocenters. The van der Waals surface area contributed by atoms with E-state index in [1.54, 1.807) is 19.2 Å². The number of esters is 1. The Labute approximate surface area is 139 Å². The van der Waals surface area contributed by atoms with E-state index in [2.05, 4.69) is 4.98 Å². The molecule has 0 radical (unpaired) electrons. The van der Waals surface area contributed by atoms with Crippen LogP contribution in [0.25, 0.3) is 0 Å². The first kappa shape index (κ1) is 16.4. The number of fused-ring (bicyclic) bond motifs is 1. The highest BCUT2D eigenvalue weighted by Gasteiger charge is 2.21. The number of nitrogens with zero attached hydrogens (tertiary/aromatic N) is 2. The highest BCUT2D eigenvalue weighted by atomic mass is 19.1. The van der Waals surface area contributed by atoms with E-state index < -0.39 is 17.6 Å². The van der Waals surface area contributed by atoms with Gasteiger partial charge in [-0.1, -0.05) is 0 Å². The number of hydrogen-bond donors (Lipinski definition) is 0. The van der Waals surface area contributed by atoms with Gasteiger partial charge in [-0.3, -0.25) is 0 Å². The summed E-state index contributed by atoms with van der Waals surface area (Å²) in [5.74, 6) is -1.54. The minimum atomic E-state index is -0.549. The van der Waals surface area contributed by atoms with Crippen molar-refractivity contribution in [2.45, 2.75) is 26.8 Å². The Morgan fingerprint density at radius 1 is 1.25 bits per heavy atom. The van der Waals surface area contributed by atoms with E-state index in [1.165, 1.54) is 19.1 Å². The summed E-state index contributed by atoms with van der Waals surface area (Å²) in [5, 5.41) is 0. The summed E-state index contributed by atoms with van der Waals surface area (Å²) in [6, 6.07) is 4.44. The summed E-state index contributed by atoms with van der Waals surface area (Å²) in [6.45, 7) is 4.57. The number of ether oxygens (including phenoxy) is 1. The molecule has 0 saturated carbocycles. The van der Waals surface area contributed by atoms with Crippen LogP contribution >= 0.6 is 0 Å². The van der Waals surface area contributed by atoms with Gasteiger partial charge in [0.15, 0.2) is 0 Å². The zero-order chi connectivity index (χ0) is 17.3. The van der Waals surface area contributed by atoms with Crippen LogP contribution in [0.15, 0.2) is 24.4 Å². The minimum Gasteiger partial charge on any atom is -0.461 e. The van der Waals surface area contributed by atoms with Gasteiger partial charge in [-0.2, -0.15) is 0 Å². The van der Waals surface area contributed by atoms with Crippen LogP contribution in [-0.4, -0.2) is 24.1 Å². The fraction of sp³-hybridized carbons (Fsp3) is 0.333. The molecule has 6 heteroatoms. The van der Waals surface area contributed by atoms with E-state index in [-0.39, 0.29) is 11.3 Å². The molecule has 126 valence electrons. The van der Waals surface area contributed by atoms with Gasteiger partial charge in [0.05, 0.1) is 6.61 Å². The third-order valence-corrected chi connectivity index (χ3v) is 4.21. The van der Waals surface area contributed by atoms with Crippen LogP contribution < -0.4 is 4.90 Å². The van der Waals surface area contributed by atoms with E-state index in [0.29, 0.717) is 31.8 Å². The van der Waals surface area contributed by atoms with E-state index in [1.807, 2.05) is 4.90 Å². The van der Waals surface area contributed by atoms with Crippen molar-refractivity contribution in [3.63, 3.8) is 0 Å². The predicted molar refractivity (Wildman–Crippen MR) is 86.0 cm³/mol. The quantitative estimate of drug-likeness (QED) is 0.808. The first-order valence-electron chi connectivity index (χ1n) is 7.85. The molecule has 2 heterocycles.